The summed E-state index contributed by atoms with van der Waals surface area (Å²) in [5.41, 5.74) is 5.61. The summed E-state index contributed by atoms with van der Waals surface area (Å²) < 4.78 is 10.7. The van der Waals surface area contributed by atoms with Gasteiger partial charge in [0, 0.05) is 67.9 Å². The fraction of sp³-hybridized carbons (Fsp3) is 0.385. The van der Waals surface area contributed by atoms with E-state index in [9.17, 15) is 4.79 Å². The number of nitrogens with one attached hydrogen (secondary N) is 1. The molecule has 2 aromatic carbocycles. The highest BCUT2D eigenvalue weighted by atomic mass is 16.5. The van der Waals surface area contributed by atoms with E-state index < -0.39 is 0 Å². The third-order valence-electron chi connectivity index (χ3n) is 6.75. The lowest BCUT2D eigenvalue weighted by Crippen LogP contribution is -2.31. The maximum atomic E-state index is 13.2. The molecule has 2 aliphatic rings. The molecule has 0 radical (unpaired) electrons. The highest BCUT2D eigenvalue weighted by molar-refractivity contribution is 5.95. The minimum absolute atomic E-state index is 0.00445. The predicted molar refractivity (Wildman–Crippen MR) is 126 cm³/mol. The average molecular weight is 447 g/mol. The van der Waals surface area contributed by atoms with Crippen LogP contribution in [0.3, 0.4) is 0 Å². The minimum atomic E-state index is 0.00445. The van der Waals surface area contributed by atoms with E-state index in [4.69, 9.17) is 14.6 Å². The Morgan fingerprint density at radius 3 is 2.58 bits per heavy atom. The molecular formula is C26H30N4O3. The Bertz CT molecular complexity index is 1110. The summed E-state index contributed by atoms with van der Waals surface area (Å²) in [5.74, 6) is 1.49. The van der Waals surface area contributed by atoms with Gasteiger partial charge in [0.25, 0.3) is 5.91 Å². The van der Waals surface area contributed by atoms with E-state index in [1.54, 1.807) is 32.4 Å². The van der Waals surface area contributed by atoms with Crippen molar-refractivity contribution in [2.24, 2.45) is 0 Å². The van der Waals surface area contributed by atoms with Crippen LogP contribution >= 0.6 is 0 Å². The van der Waals surface area contributed by atoms with Crippen molar-refractivity contribution in [1.82, 2.24) is 20.0 Å². The van der Waals surface area contributed by atoms with Crippen molar-refractivity contribution in [3.8, 4) is 11.5 Å². The first-order chi connectivity index (χ1) is 16.1. The molecule has 3 heterocycles. The number of amides is 1. The third-order valence-corrected chi connectivity index (χ3v) is 6.75. The van der Waals surface area contributed by atoms with Gasteiger partial charge in [-0.25, -0.2) is 0 Å². The van der Waals surface area contributed by atoms with Crippen LogP contribution in [0, 0.1) is 0 Å². The van der Waals surface area contributed by atoms with Gasteiger partial charge in [0.15, 0.2) is 0 Å². The highest BCUT2D eigenvalue weighted by Crippen LogP contribution is 2.33. The van der Waals surface area contributed by atoms with Gasteiger partial charge < -0.3 is 14.4 Å². The second-order valence-corrected chi connectivity index (χ2v) is 8.85. The van der Waals surface area contributed by atoms with Crippen LogP contribution in [-0.4, -0.2) is 59.8 Å². The van der Waals surface area contributed by atoms with E-state index in [-0.39, 0.29) is 11.8 Å². The molecule has 0 bridgehead atoms. The summed E-state index contributed by atoms with van der Waals surface area (Å²) in [6, 6.07) is 15.9. The number of ether oxygens (including phenoxy) is 2. The number of aromatic amines is 1. The Labute approximate surface area is 194 Å². The maximum Gasteiger partial charge on any atom is 0.254 e. The molecule has 172 valence electrons. The van der Waals surface area contributed by atoms with Gasteiger partial charge in [-0.1, -0.05) is 30.3 Å². The molecule has 1 unspecified atom stereocenters. The molecule has 7 nitrogen and oxygen atoms in total. The zero-order chi connectivity index (χ0) is 22.8. The SMILES string of the molecule is COc1cc(OC)cc(C(=O)N2CCC(c3n[nH]c4c3CN(Cc3ccccc3)CC4)C2)c1. The van der Waals surface area contributed by atoms with Crippen molar-refractivity contribution in [3.63, 3.8) is 0 Å². The van der Waals surface area contributed by atoms with E-state index in [0.29, 0.717) is 23.6 Å². The molecule has 1 atom stereocenters. The molecule has 33 heavy (non-hydrogen) atoms. The van der Waals surface area contributed by atoms with Crippen molar-refractivity contribution in [2.45, 2.75) is 31.8 Å². The molecule has 0 aliphatic carbocycles. The van der Waals surface area contributed by atoms with E-state index in [1.165, 1.54) is 16.8 Å². The van der Waals surface area contributed by atoms with Crippen LogP contribution in [0.1, 0.15) is 45.2 Å². The number of aromatic nitrogens is 2. The fourth-order valence-electron chi connectivity index (χ4n) is 4.97. The number of carbonyl (C=O) groups is 1. The monoisotopic (exact) mass is 446 g/mol. The quantitative estimate of drug-likeness (QED) is 0.626. The number of hydrogen-bond acceptors (Lipinski definition) is 5. The van der Waals surface area contributed by atoms with Gasteiger partial charge in [-0.3, -0.25) is 14.8 Å². The second-order valence-electron chi connectivity index (χ2n) is 8.85. The topological polar surface area (TPSA) is 70.7 Å². The van der Waals surface area contributed by atoms with E-state index in [0.717, 1.165) is 44.7 Å². The van der Waals surface area contributed by atoms with Crippen LogP contribution in [0.4, 0.5) is 0 Å². The number of carbonyl (C=O) groups excluding carboxylic acids is 1. The van der Waals surface area contributed by atoms with Crippen molar-refractivity contribution in [3.05, 3.63) is 76.6 Å². The first kappa shape index (κ1) is 21.5. The zero-order valence-electron chi connectivity index (χ0n) is 19.2. The van der Waals surface area contributed by atoms with Gasteiger partial charge >= 0.3 is 0 Å². The van der Waals surface area contributed by atoms with Gasteiger partial charge in [0.1, 0.15) is 11.5 Å². The standard InChI is InChI=1S/C26H30N4O3/c1-32-21-12-20(13-22(14-21)33-2)26(31)30-11-8-19(16-30)25-23-17-29(10-9-24(23)27-28-25)15-18-6-4-3-5-7-18/h3-7,12-14,19H,8-11,15-17H2,1-2H3,(H,27,28). The third kappa shape index (κ3) is 4.46. The Morgan fingerprint density at radius 2 is 1.85 bits per heavy atom. The van der Waals surface area contributed by atoms with Crippen LogP contribution in [0.25, 0.3) is 0 Å². The lowest BCUT2D eigenvalue weighted by atomic mass is 9.96. The Kier molecular flexibility index (Phi) is 6.05. The minimum Gasteiger partial charge on any atom is -0.497 e. The van der Waals surface area contributed by atoms with Gasteiger partial charge in [0.05, 0.1) is 19.9 Å². The lowest BCUT2D eigenvalue weighted by Gasteiger charge is -2.27. The smallest absolute Gasteiger partial charge is 0.254 e. The Morgan fingerprint density at radius 1 is 1.09 bits per heavy atom. The molecule has 0 saturated carbocycles. The van der Waals surface area contributed by atoms with E-state index in [2.05, 4.69) is 40.3 Å². The van der Waals surface area contributed by atoms with Crippen molar-refractivity contribution in [1.29, 1.82) is 0 Å². The summed E-state index contributed by atoms with van der Waals surface area (Å²) >= 11 is 0. The number of fused-ring (bicyclic) bond motifs is 1. The lowest BCUT2D eigenvalue weighted by molar-refractivity contribution is 0.0790. The van der Waals surface area contributed by atoms with Gasteiger partial charge in [-0.2, -0.15) is 5.10 Å². The second kappa shape index (κ2) is 9.27. The number of methoxy groups -OCH3 is 2. The average Bonchev–Trinajstić information content (AvgIpc) is 3.51. The number of benzene rings is 2. The molecule has 0 spiro atoms. The molecule has 3 aromatic rings. The maximum absolute atomic E-state index is 13.2. The van der Waals surface area contributed by atoms with Gasteiger partial charge in [0.2, 0.25) is 0 Å². The molecule has 1 saturated heterocycles. The zero-order valence-corrected chi connectivity index (χ0v) is 19.2. The first-order valence-corrected chi connectivity index (χ1v) is 11.5. The van der Waals surface area contributed by atoms with Crippen LogP contribution in [0.15, 0.2) is 48.5 Å². The van der Waals surface area contributed by atoms with Crippen LogP contribution < -0.4 is 9.47 Å². The molecule has 5 rings (SSSR count). The fourth-order valence-corrected chi connectivity index (χ4v) is 4.97. The van der Waals surface area contributed by atoms with Gasteiger partial charge in [-0.15, -0.1) is 0 Å². The van der Waals surface area contributed by atoms with Crippen LogP contribution in [0.2, 0.25) is 0 Å². The molecule has 1 aromatic heterocycles. The summed E-state index contributed by atoms with van der Waals surface area (Å²) in [7, 11) is 3.19. The Hall–Kier alpha value is -3.32. The van der Waals surface area contributed by atoms with Crippen molar-refractivity contribution in [2.75, 3.05) is 33.9 Å². The highest BCUT2D eigenvalue weighted by Gasteiger charge is 2.33. The van der Waals surface area contributed by atoms with Crippen molar-refractivity contribution < 1.29 is 14.3 Å². The Balaban J connectivity index is 1.29. The van der Waals surface area contributed by atoms with Crippen LogP contribution in [-0.2, 0) is 19.5 Å². The summed E-state index contributed by atoms with van der Waals surface area (Å²) in [4.78, 5) is 17.6. The largest absolute Gasteiger partial charge is 0.497 e. The molecule has 1 N–H and O–H groups in total. The summed E-state index contributed by atoms with van der Waals surface area (Å²) in [5, 5.41) is 7.99. The molecular weight excluding hydrogens is 416 g/mol. The molecule has 1 fully saturated rings. The predicted octanol–water partition coefficient (Wildman–Crippen LogP) is 3.61. The van der Waals surface area contributed by atoms with Gasteiger partial charge in [-0.05, 0) is 24.1 Å². The molecule has 1 amide bonds. The first-order valence-electron chi connectivity index (χ1n) is 11.5. The van der Waals surface area contributed by atoms with Crippen LogP contribution in [0.5, 0.6) is 11.5 Å². The van der Waals surface area contributed by atoms with Crippen molar-refractivity contribution >= 4 is 5.91 Å². The van der Waals surface area contributed by atoms with E-state index in [1.807, 2.05) is 4.90 Å². The molecule has 2 aliphatic heterocycles. The van der Waals surface area contributed by atoms with E-state index >= 15 is 0 Å². The summed E-state index contributed by atoms with van der Waals surface area (Å²) in [6.07, 6.45) is 1.90. The molecule has 7 heteroatoms. The number of hydrogen-bond donors (Lipinski definition) is 1. The number of likely N-dealkylation sites (tertiary alicyclic amines) is 1. The summed E-state index contributed by atoms with van der Waals surface area (Å²) in [6.45, 7) is 4.26. The number of nitrogens with zero attached hydrogens (tertiary/aromatic N) is 3. The number of H-pyrrole nitrogens is 1. The normalized spacial score (nSPS) is 18.2. The number of rotatable bonds is 6.